The molecule has 0 aliphatic heterocycles. The van der Waals surface area contributed by atoms with Gasteiger partial charge in [-0.2, -0.15) is 0 Å². The van der Waals surface area contributed by atoms with E-state index in [1.165, 1.54) is 16.7 Å². The van der Waals surface area contributed by atoms with Gasteiger partial charge in [-0.15, -0.1) is 0 Å². The third-order valence-electron chi connectivity index (χ3n) is 2.98. The highest BCUT2D eigenvalue weighted by Gasteiger charge is 1.95. The van der Waals surface area contributed by atoms with Gasteiger partial charge in [0.15, 0.2) is 0 Å². The molecule has 0 fully saturated rings. The van der Waals surface area contributed by atoms with E-state index in [0.29, 0.717) is 5.75 Å². The molecule has 0 bridgehead atoms. The van der Waals surface area contributed by atoms with Crippen LogP contribution in [0.15, 0.2) is 48.5 Å². The van der Waals surface area contributed by atoms with E-state index in [1.54, 1.807) is 12.1 Å². The Morgan fingerprint density at radius 1 is 0.889 bits per heavy atom. The lowest BCUT2D eigenvalue weighted by Crippen LogP contribution is -2.16. The molecule has 0 radical (unpaired) electrons. The maximum absolute atomic E-state index is 9.18. The van der Waals surface area contributed by atoms with Crippen LogP contribution in [0.3, 0.4) is 0 Å². The Labute approximate surface area is 108 Å². The first-order valence-corrected chi connectivity index (χ1v) is 6.28. The van der Waals surface area contributed by atoms with Gasteiger partial charge in [0.1, 0.15) is 5.75 Å². The van der Waals surface area contributed by atoms with Crippen LogP contribution in [0, 0.1) is 6.92 Å². The third kappa shape index (κ3) is 3.90. The van der Waals surface area contributed by atoms with E-state index in [9.17, 15) is 5.11 Å². The molecule has 0 heterocycles. The van der Waals surface area contributed by atoms with E-state index in [2.05, 4.69) is 36.5 Å². The van der Waals surface area contributed by atoms with Gasteiger partial charge in [-0.3, -0.25) is 0 Å². The maximum atomic E-state index is 9.18. The average Bonchev–Trinajstić information content (AvgIpc) is 2.39. The van der Waals surface area contributed by atoms with Gasteiger partial charge in [0, 0.05) is 6.54 Å². The van der Waals surface area contributed by atoms with Crippen LogP contribution in [-0.2, 0) is 13.0 Å². The highest BCUT2D eigenvalue weighted by Crippen LogP contribution is 2.09. The van der Waals surface area contributed by atoms with Crippen molar-refractivity contribution >= 4 is 0 Å². The van der Waals surface area contributed by atoms with Crippen molar-refractivity contribution < 1.29 is 5.11 Å². The lowest BCUT2D eigenvalue weighted by atomic mass is 10.1. The first-order valence-electron chi connectivity index (χ1n) is 6.28. The number of rotatable bonds is 5. The second kappa shape index (κ2) is 6.22. The van der Waals surface area contributed by atoms with E-state index < -0.39 is 0 Å². The number of benzene rings is 2. The maximum Gasteiger partial charge on any atom is 0.115 e. The summed E-state index contributed by atoms with van der Waals surface area (Å²) in [6.45, 7) is 3.94. The van der Waals surface area contributed by atoms with Crippen molar-refractivity contribution in [1.82, 2.24) is 5.32 Å². The van der Waals surface area contributed by atoms with E-state index >= 15 is 0 Å². The van der Waals surface area contributed by atoms with Crippen LogP contribution in [-0.4, -0.2) is 11.7 Å². The van der Waals surface area contributed by atoms with Crippen molar-refractivity contribution in [3.8, 4) is 5.75 Å². The summed E-state index contributed by atoms with van der Waals surface area (Å²) in [5, 5.41) is 12.6. The minimum Gasteiger partial charge on any atom is -0.508 e. The van der Waals surface area contributed by atoms with Crippen LogP contribution in [0.2, 0.25) is 0 Å². The van der Waals surface area contributed by atoms with Crippen molar-refractivity contribution in [2.75, 3.05) is 6.54 Å². The molecule has 0 aromatic heterocycles. The Morgan fingerprint density at radius 2 is 1.50 bits per heavy atom. The molecule has 18 heavy (non-hydrogen) atoms. The van der Waals surface area contributed by atoms with Crippen LogP contribution >= 0.6 is 0 Å². The third-order valence-corrected chi connectivity index (χ3v) is 2.98. The first kappa shape index (κ1) is 12.7. The Kier molecular flexibility index (Phi) is 4.37. The van der Waals surface area contributed by atoms with Gasteiger partial charge in [0.25, 0.3) is 0 Å². The zero-order valence-electron chi connectivity index (χ0n) is 10.7. The Bertz CT molecular complexity index is 426. The normalized spacial score (nSPS) is 10.5. The number of phenolic OH excluding ortho intramolecular Hbond substituents is 1. The molecule has 0 saturated carbocycles. The van der Waals surface area contributed by atoms with E-state index in [1.807, 2.05) is 12.1 Å². The zero-order chi connectivity index (χ0) is 12.8. The average molecular weight is 241 g/mol. The number of aryl methyl sites for hydroxylation is 1. The SMILES string of the molecule is Cc1ccc(CNCCc2ccc(O)cc2)cc1. The summed E-state index contributed by atoms with van der Waals surface area (Å²) >= 11 is 0. The number of phenols is 1. The molecule has 0 saturated heterocycles. The van der Waals surface area contributed by atoms with Gasteiger partial charge in [0.2, 0.25) is 0 Å². The molecule has 0 unspecified atom stereocenters. The van der Waals surface area contributed by atoms with Crippen molar-refractivity contribution in [3.63, 3.8) is 0 Å². The number of aromatic hydroxyl groups is 1. The lowest BCUT2D eigenvalue weighted by Gasteiger charge is -2.05. The van der Waals surface area contributed by atoms with Gasteiger partial charge in [-0.05, 0) is 43.1 Å². The van der Waals surface area contributed by atoms with Crippen molar-refractivity contribution in [2.24, 2.45) is 0 Å². The van der Waals surface area contributed by atoms with Crippen molar-refractivity contribution in [2.45, 2.75) is 19.9 Å². The number of hydrogen-bond donors (Lipinski definition) is 2. The van der Waals surface area contributed by atoms with Gasteiger partial charge in [-0.1, -0.05) is 42.0 Å². The first-order chi connectivity index (χ1) is 8.74. The second-order valence-electron chi connectivity index (χ2n) is 4.58. The van der Waals surface area contributed by atoms with Gasteiger partial charge in [0.05, 0.1) is 0 Å². The highest BCUT2D eigenvalue weighted by atomic mass is 16.3. The summed E-state index contributed by atoms with van der Waals surface area (Å²) in [5.41, 5.74) is 3.85. The molecule has 2 aromatic carbocycles. The van der Waals surface area contributed by atoms with Gasteiger partial charge < -0.3 is 10.4 Å². The lowest BCUT2D eigenvalue weighted by molar-refractivity contribution is 0.475. The smallest absolute Gasteiger partial charge is 0.115 e. The van der Waals surface area contributed by atoms with Crippen molar-refractivity contribution in [3.05, 3.63) is 65.2 Å². The minimum atomic E-state index is 0.325. The second-order valence-corrected chi connectivity index (χ2v) is 4.58. The van der Waals surface area contributed by atoms with Crippen molar-refractivity contribution in [1.29, 1.82) is 0 Å². The predicted molar refractivity (Wildman–Crippen MR) is 74.7 cm³/mol. The zero-order valence-corrected chi connectivity index (χ0v) is 10.7. The molecule has 0 atom stereocenters. The van der Waals surface area contributed by atoms with E-state index in [4.69, 9.17) is 0 Å². The number of nitrogens with one attached hydrogen (secondary N) is 1. The Hall–Kier alpha value is -1.80. The summed E-state index contributed by atoms with van der Waals surface area (Å²) in [6.07, 6.45) is 0.978. The number of hydrogen-bond acceptors (Lipinski definition) is 2. The van der Waals surface area contributed by atoms with Crippen LogP contribution in [0.5, 0.6) is 5.75 Å². The Morgan fingerprint density at radius 3 is 2.17 bits per heavy atom. The summed E-state index contributed by atoms with van der Waals surface area (Å²) in [6, 6.07) is 16.0. The molecule has 2 aromatic rings. The molecule has 94 valence electrons. The molecule has 0 amide bonds. The largest absolute Gasteiger partial charge is 0.508 e. The van der Waals surface area contributed by atoms with E-state index in [0.717, 1.165) is 19.5 Å². The molecular weight excluding hydrogens is 222 g/mol. The summed E-state index contributed by atoms with van der Waals surface area (Å²) < 4.78 is 0. The minimum absolute atomic E-state index is 0.325. The monoisotopic (exact) mass is 241 g/mol. The molecule has 2 heteroatoms. The molecule has 0 spiro atoms. The van der Waals surface area contributed by atoms with Crippen LogP contribution < -0.4 is 5.32 Å². The summed E-state index contributed by atoms with van der Waals surface area (Å²) in [4.78, 5) is 0. The molecule has 0 aliphatic rings. The fourth-order valence-electron chi connectivity index (χ4n) is 1.83. The molecule has 2 nitrogen and oxygen atoms in total. The van der Waals surface area contributed by atoms with E-state index in [-0.39, 0.29) is 0 Å². The van der Waals surface area contributed by atoms with Gasteiger partial charge in [-0.25, -0.2) is 0 Å². The summed E-state index contributed by atoms with van der Waals surface area (Å²) in [5.74, 6) is 0.325. The predicted octanol–water partition coefficient (Wildman–Crippen LogP) is 3.03. The quantitative estimate of drug-likeness (QED) is 0.789. The van der Waals surface area contributed by atoms with Crippen LogP contribution in [0.4, 0.5) is 0 Å². The van der Waals surface area contributed by atoms with Gasteiger partial charge >= 0.3 is 0 Å². The fourth-order valence-corrected chi connectivity index (χ4v) is 1.83. The highest BCUT2D eigenvalue weighted by molar-refractivity contribution is 5.26. The molecule has 0 aliphatic carbocycles. The standard InChI is InChI=1S/C16H19NO/c1-13-2-4-15(5-3-13)12-17-11-10-14-6-8-16(18)9-7-14/h2-9,17-18H,10-12H2,1H3. The molecular formula is C16H19NO. The molecule has 2 rings (SSSR count). The van der Waals surface area contributed by atoms with Crippen LogP contribution in [0.1, 0.15) is 16.7 Å². The summed E-state index contributed by atoms with van der Waals surface area (Å²) in [7, 11) is 0. The molecule has 2 N–H and O–H groups in total. The Balaban J connectivity index is 1.73. The fraction of sp³-hybridized carbons (Fsp3) is 0.250. The topological polar surface area (TPSA) is 32.3 Å². The van der Waals surface area contributed by atoms with Crippen LogP contribution in [0.25, 0.3) is 0 Å².